The number of Topliss-reactive ketones (excluding diaryl/α,β-unsaturated/α-hetero) is 1. The molecule has 0 saturated heterocycles. The van der Waals surface area contributed by atoms with Gasteiger partial charge in [0, 0.05) is 30.7 Å². The number of oxazole rings is 4. The second-order valence-corrected chi connectivity index (χ2v) is 42.4. The Morgan fingerprint density at radius 3 is 0.852 bits per heavy atom. The molecule has 4 saturated carbocycles. The number of fused-ring (bicyclic) bond motifs is 20. The molecular formula is C110H100F10N20O9. The number of nitrogens with zero attached hydrogens (tertiary/aromatic N) is 20. The van der Waals surface area contributed by atoms with E-state index in [9.17, 15) is 69.1 Å². The van der Waals surface area contributed by atoms with Crippen LogP contribution in [0.2, 0.25) is 0 Å². The first kappa shape index (κ1) is 100. The number of carbonyl (C=O) groups is 1. The standard InChI is InChI=1S/2C28H26F3N5O2.C27H23F2N5O3.C27H25F2N5O2/c2*1-14(29)27(4,37)22-13-38-25(34-22)20-11-32-12-21(33-20)28-9-8-16(26(28,2)3)15-10-19(35-36-24(15)28)23-17(30)6-5-7-18(23)31;1-13(35)23(36)20-12-37-25(32-20)19-10-30-11-21(31-19)27-8-7-15(26(27,2)3)14-9-18(33-34-24(14)27)22-16(28)5-4-6-17(22)29;1-14(12-35)21-13-36-25(32-21)20-10-30-11-22(31-20)27-8-7-16(26(27,2)3)15-9-19(33-34-24(15)27)23-17(28)5-4-6-18(23)29/h2*5-7,10-14,16,37H,8-9H2,1-4H3;4-6,9-12,15,23,36H,7-8H2,1-3H3;4-6,9-11,13-14,16,35H,7-8,12H2,1-3H3/t14?,16-,27+,28-;14?,16-,27-,28-;15-,23-,27-;14-,16+,27+/m0001/s1. The first-order valence-corrected chi connectivity index (χ1v) is 48.9. The average molecular weight is 2040 g/mol. The van der Waals surface area contributed by atoms with Gasteiger partial charge in [0.1, 0.15) is 135 Å². The second-order valence-electron chi connectivity index (χ2n) is 42.4. The van der Waals surface area contributed by atoms with E-state index >= 15 is 0 Å². The van der Waals surface area contributed by atoms with Crippen LogP contribution in [-0.2, 0) is 37.7 Å². The van der Waals surface area contributed by atoms with Crippen molar-refractivity contribution in [1.82, 2.24) is 101 Å². The van der Waals surface area contributed by atoms with E-state index < -0.39 is 104 Å². The van der Waals surface area contributed by atoms with Gasteiger partial charge in [0.2, 0.25) is 23.6 Å². The van der Waals surface area contributed by atoms with E-state index in [1.165, 1.54) is 151 Å². The maximum Gasteiger partial charge on any atom is 0.247 e. The predicted molar refractivity (Wildman–Crippen MR) is 517 cm³/mol. The lowest BCUT2D eigenvalue weighted by atomic mass is 9.66. The van der Waals surface area contributed by atoms with Crippen LogP contribution >= 0.6 is 0 Å². The fourth-order valence-corrected chi connectivity index (χ4v) is 24.8. The van der Waals surface area contributed by atoms with Crippen molar-refractivity contribution in [3.63, 3.8) is 0 Å². The summed E-state index contributed by atoms with van der Waals surface area (Å²) in [5.74, 6) is -5.07. The molecule has 29 nitrogen and oxygen atoms in total. The number of aromatic nitrogens is 20. The fourth-order valence-electron chi connectivity index (χ4n) is 24.8. The summed E-state index contributed by atoms with van der Waals surface area (Å²) in [6, 6.07) is 22.0. The van der Waals surface area contributed by atoms with Crippen LogP contribution in [0.15, 0.2) is 189 Å². The highest BCUT2D eigenvalue weighted by atomic mass is 19.2. The van der Waals surface area contributed by atoms with E-state index in [2.05, 4.69) is 136 Å². The number of carbonyl (C=O) groups excluding carboxylic acids is 1. The number of hydrogen-bond donors (Lipinski definition) is 4. The summed E-state index contributed by atoms with van der Waals surface area (Å²) in [6.45, 7) is 25.4. The third-order valence-corrected chi connectivity index (χ3v) is 33.7. The highest BCUT2D eigenvalue weighted by molar-refractivity contribution is 5.81. The monoisotopic (exact) mass is 2030 g/mol. The fraction of sp³-hybridized carbons (Fsp3) is 0.373. The topological polar surface area (TPSA) is 408 Å². The van der Waals surface area contributed by atoms with Crippen molar-refractivity contribution in [2.24, 2.45) is 21.7 Å². The number of aliphatic hydroxyl groups excluding tert-OH is 2. The first-order chi connectivity index (χ1) is 70.9. The number of benzene rings is 4. The molecule has 12 heterocycles. The largest absolute Gasteiger partial charge is 0.443 e. The Hall–Kier alpha value is -14.8. The summed E-state index contributed by atoms with van der Waals surface area (Å²) in [4.78, 5) is 66.0. The molecule has 0 spiro atoms. The van der Waals surface area contributed by atoms with Crippen LogP contribution in [0.5, 0.6) is 0 Å². The predicted octanol–water partition coefficient (Wildman–Crippen LogP) is 21.1. The molecule has 8 bridgehead atoms. The lowest BCUT2D eigenvalue weighted by molar-refractivity contribution is -0.125. The van der Waals surface area contributed by atoms with E-state index in [-0.39, 0.29) is 138 Å². The quantitative estimate of drug-likeness (QED) is 0.0515. The summed E-state index contributed by atoms with van der Waals surface area (Å²) < 4.78 is 166. The summed E-state index contributed by atoms with van der Waals surface area (Å²) in [7, 11) is 0. The van der Waals surface area contributed by atoms with Crippen molar-refractivity contribution in [1.29, 1.82) is 0 Å². The SMILES string of the molecule is CC(=O)[C@H](O)c1coc(-c2cncc([C@@]34CC[C@@H](c5cc(-c6c(F)cccc6F)nnc53)C4(C)C)n2)n1.CC(F)[C@@](C)(O)c1coc(-c2cncc([C@@]34CC[C@@H](c5cc(-c6c(F)cccc6F)nnc53)C4(C)C)n2)n1.CC(F)[C@](C)(O)c1coc(-c2cncc([C@@]34CC[C@@H](c5cc(-c6c(F)cccc6F)nnc53)C4(C)C)n2)n1.C[C@H](CO)c1coc(-c2cncc([C@@]34CC[C@@H](c5cc(-c6c(F)cccc6F)nnc53)C4(C)C)n2)n1. The molecule has 8 aliphatic rings. The van der Waals surface area contributed by atoms with Crippen LogP contribution in [0.3, 0.4) is 0 Å². The molecule has 24 rings (SSSR count). The number of alkyl halides is 2. The Bertz CT molecular complexity index is 7720. The number of halogens is 10. The molecule has 39 heteroatoms. The zero-order valence-electron chi connectivity index (χ0n) is 83.2. The molecule has 14 atom stereocenters. The molecule has 4 aromatic carbocycles. The van der Waals surface area contributed by atoms with Gasteiger partial charge in [-0.1, -0.05) is 86.6 Å². The molecule has 4 fully saturated rings. The van der Waals surface area contributed by atoms with Crippen molar-refractivity contribution >= 4 is 5.78 Å². The van der Waals surface area contributed by atoms with Gasteiger partial charge in [-0.15, -0.1) is 20.4 Å². The smallest absolute Gasteiger partial charge is 0.247 e. The normalized spacial score (nSPS) is 23.1. The molecule has 16 aromatic rings. The average Bonchev–Trinajstić information content (AvgIpc) is 1.53. The highest BCUT2D eigenvalue weighted by Gasteiger charge is 2.70. The van der Waals surface area contributed by atoms with Crippen LogP contribution < -0.4 is 0 Å². The Labute approximate surface area is 846 Å². The van der Waals surface area contributed by atoms with Gasteiger partial charge in [0.05, 0.1) is 149 Å². The summed E-state index contributed by atoms with van der Waals surface area (Å²) in [5, 5.41) is 75.6. The Kier molecular flexibility index (Phi) is 24.4. The molecule has 0 amide bonds. The molecule has 2 unspecified atom stereocenters. The minimum absolute atomic E-state index is 0.0371. The van der Waals surface area contributed by atoms with Crippen molar-refractivity contribution in [2.45, 2.75) is 229 Å². The van der Waals surface area contributed by atoms with Gasteiger partial charge in [-0.2, -0.15) is 20.4 Å². The van der Waals surface area contributed by atoms with E-state index in [1.54, 1.807) is 55.2 Å². The van der Waals surface area contributed by atoms with Crippen LogP contribution in [0, 0.1) is 68.2 Å². The molecular weight excluding hydrogens is 1940 g/mol. The zero-order chi connectivity index (χ0) is 105. The Morgan fingerprint density at radius 2 is 0.604 bits per heavy atom. The van der Waals surface area contributed by atoms with Gasteiger partial charge >= 0.3 is 0 Å². The van der Waals surface area contributed by atoms with Crippen LogP contribution in [0.1, 0.15) is 275 Å². The van der Waals surface area contributed by atoms with Gasteiger partial charge < -0.3 is 38.1 Å². The summed E-state index contributed by atoms with van der Waals surface area (Å²) >= 11 is 0. The third-order valence-electron chi connectivity index (χ3n) is 33.7. The van der Waals surface area contributed by atoms with Crippen molar-refractivity contribution < 1.29 is 86.8 Å². The van der Waals surface area contributed by atoms with Gasteiger partial charge in [-0.3, -0.25) is 24.7 Å². The lowest BCUT2D eigenvalue weighted by Gasteiger charge is -2.37. The summed E-state index contributed by atoms with van der Waals surface area (Å²) in [5.41, 5.74) is 4.04. The lowest BCUT2D eigenvalue weighted by Crippen LogP contribution is -2.38. The maximum absolute atomic E-state index is 14.5. The Morgan fingerprint density at radius 1 is 0.362 bits per heavy atom. The number of hydrogen-bond acceptors (Lipinski definition) is 29. The molecule has 12 aromatic heterocycles. The van der Waals surface area contributed by atoms with Gasteiger partial charge in [-0.25, -0.2) is 83.8 Å². The van der Waals surface area contributed by atoms with Crippen molar-refractivity contribution in [2.75, 3.05) is 6.61 Å². The van der Waals surface area contributed by atoms with E-state index in [4.69, 9.17) is 37.6 Å². The first-order valence-electron chi connectivity index (χ1n) is 48.9. The van der Waals surface area contributed by atoms with E-state index in [0.717, 1.165) is 90.7 Å². The van der Waals surface area contributed by atoms with E-state index in [1.807, 2.05) is 6.92 Å². The van der Waals surface area contributed by atoms with Crippen LogP contribution in [-0.4, -0.2) is 146 Å². The maximum atomic E-state index is 14.5. The van der Waals surface area contributed by atoms with Crippen LogP contribution in [0.25, 0.3) is 91.4 Å². The second kappa shape index (κ2) is 36.3. The number of ketones is 1. The summed E-state index contributed by atoms with van der Waals surface area (Å²) in [6.07, 6.45) is 20.0. The molecule has 0 radical (unpaired) electrons. The molecule has 4 N–H and O–H groups in total. The molecule has 8 aliphatic carbocycles. The highest BCUT2D eigenvalue weighted by Crippen LogP contribution is 2.74. The van der Waals surface area contributed by atoms with Gasteiger partial charge in [0.25, 0.3) is 0 Å². The van der Waals surface area contributed by atoms with Crippen LogP contribution in [0.4, 0.5) is 43.9 Å². The van der Waals surface area contributed by atoms with Crippen molar-refractivity contribution in [3.8, 4) is 91.4 Å². The third kappa shape index (κ3) is 15.3. The Balaban J connectivity index is 0.000000116. The minimum Gasteiger partial charge on any atom is -0.443 e. The van der Waals surface area contributed by atoms with Crippen molar-refractivity contribution in [3.05, 3.63) is 309 Å². The van der Waals surface area contributed by atoms with E-state index in [0.29, 0.717) is 62.8 Å². The minimum atomic E-state index is -1.82. The molecule has 764 valence electrons. The van der Waals surface area contributed by atoms with Gasteiger partial charge in [-0.05, 0) is 226 Å². The number of aliphatic hydroxyl groups is 4. The van der Waals surface area contributed by atoms with Gasteiger partial charge in [0.15, 0.2) is 11.9 Å². The molecule has 149 heavy (non-hydrogen) atoms. The number of rotatable bonds is 20. The zero-order valence-corrected chi connectivity index (χ0v) is 83.2. The molecule has 0 aliphatic heterocycles.